The van der Waals surface area contributed by atoms with Gasteiger partial charge in [-0.3, -0.25) is 9.89 Å². The Labute approximate surface area is 179 Å². The summed E-state index contributed by atoms with van der Waals surface area (Å²) in [6, 6.07) is 15.6. The Kier molecular flexibility index (Phi) is 7.43. The fourth-order valence-electron chi connectivity index (χ4n) is 4.29. The van der Waals surface area contributed by atoms with Crippen LogP contribution in [0.2, 0.25) is 0 Å². The molecule has 6 nitrogen and oxygen atoms in total. The average Bonchev–Trinajstić information content (AvgIpc) is 3.51. The molecule has 3 atom stereocenters. The molecule has 1 aromatic heterocycles. The summed E-state index contributed by atoms with van der Waals surface area (Å²) in [6.07, 6.45) is 4.80. The second kappa shape index (κ2) is 10.6. The summed E-state index contributed by atoms with van der Waals surface area (Å²) in [5.74, 6) is 2.44. The predicted molar refractivity (Wildman–Crippen MR) is 119 cm³/mol. The molecule has 2 fully saturated rings. The molecule has 2 aliphatic heterocycles. The Morgan fingerprint density at radius 3 is 2.87 bits per heavy atom. The van der Waals surface area contributed by atoms with E-state index in [-0.39, 0.29) is 0 Å². The summed E-state index contributed by atoms with van der Waals surface area (Å²) in [5.41, 5.74) is 1.37. The maximum Gasteiger partial charge on any atom is 0.191 e. The number of hydrogen-bond donors (Lipinski definition) is 2. The van der Waals surface area contributed by atoms with Gasteiger partial charge in [0.2, 0.25) is 0 Å². The highest BCUT2D eigenvalue weighted by molar-refractivity contribution is 5.80. The minimum absolute atomic E-state index is 0.401. The van der Waals surface area contributed by atoms with Crippen LogP contribution in [-0.2, 0) is 17.7 Å². The lowest BCUT2D eigenvalue weighted by molar-refractivity contribution is 0.187. The molecule has 4 rings (SSSR count). The topological polar surface area (TPSA) is 62.0 Å². The van der Waals surface area contributed by atoms with Gasteiger partial charge in [-0.05, 0) is 37.5 Å². The summed E-state index contributed by atoms with van der Waals surface area (Å²) in [4.78, 5) is 7.44. The van der Waals surface area contributed by atoms with Crippen molar-refractivity contribution >= 4 is 5.96 Å². The van der Waals surface area contributed by atoms with Crippen molar-refractivity contribution in [1.82, 2.24) is 15.5 Å². The van der Waals surface area contributed by atoms with Crippen molar-refractivity contribution in [3.63, 3.8) is 0 Å². The SMILES string of the molecule is CC1CC(NC(=NCC2CCOC2)NCCc2ccco2)CN1Cc1ccccc1. The minimum Gasteiger partial charge on any atom is -0.469 e. The number of furan rings is 1. The average molecular weight is 411 g/mol. The Morgan fingerprint density at radius 2 is 2.10 bits per heavy atom. The highest BCUT2D eigenvalue weighted by Crippen LogP contribution is 2.20. The van der Waals surface area contributed by atoms with Crippen LogP contribution < -0.4 is 10.6 Å². The number of nitrogens with zero attached hydrogens (tertiary/aromatic N) is 2. The quantitative estimate of drug-likeness (QED) is 0.517. The van der Waals surface area contributed by atoms with Crippen molar-refractivity contribution in [2.24, 2.45) is 10.9 Å². The van der Waals surface area contributed by atoms with E-state index in [0.717, 1.165) is 70.4 Å². The number of ether oxygens (including phenoxy) is 1. The number of aliphatic imine (C=N–C) groups is 1. The Morgan fingerprint density at radius 1 is 1.20 bits per heavy atom. The van der Waals surface area contributed by atoms with Crippen molar-refractivity contribution in [3.8, 4) is 0 Å². The van der Waals surface area contributed by atoms with E-state index in [1.54, 1.807) is 6.26 Å². The molecule has 1 aromatic carbocycles. The molecule has 2 aromatic rings. The van der Waals surface area contributed by atoms with Crippen molar-refractivity contribution < 1.29 is 9.15 Å². The first-order valence-corrected chi connectivity index (χ1v) is 11.2. The van der Waals surface area contributed by atoms with Crippen LogP contribution >= 0.6 is 0 Å². The zero-order chi connectivity index (χ0) is 20.6. The molecule has 0 aliphatic carbocycles. The van der Waals surface area contributed by atoms with Crippen LogP contribution in [0.15, 0.2) is 58.1 Å². The maximum atomic E-state index is 5.51. The number of rotatable bonds is 8. The fraction of sp³-hybridized carbons (Fsp3) is 0.542. The van der Waals surface area contributed by atoms with Gasteiger partial charge in [-0.1, -0.05) is 30.3 Å². The highest BCUT2D eigenvalue weighted by atomic mass is 16.5. The van der Waals surface area contributed by atoms with Gasteiger partial charge in [-0.15, -0.1) is 0 Å². The van der Waals surface area contributed by atoms with Gasteiger partial charge < -0.3 is 19.8 Å². The minimum atomic E-state index is 0.401. The molecule has 2 aliphatic rings. The first-order valence-electron chi connectivity index (χ1n) is 11.2. The monoisotopic (exact) mass is 410 g/mol. The third-order valence-corrected chi connectivity index (χ3v) is 6.05. The number of likely N-dealkylation sites (tertiary alicyclic amines) is 1. The number of benzene rings is 1. The molecule has 0 saturated carbocycles. The largest absolute Gasteiger partial charge is 0.469 e. The first-order chi connectivity index (χ1) is 14.8. The summed E-state index contributed by atoms with van der Waals surface area (Å²) in [7, 11) is 0. The van der Waals surface area contributed by atoms with Crippen LogP contribution in [0, 0.1) is 5.92 Å². The molecule has 0 bridgehead atoms. The molecule has 2 N–H and O–H groups in total. The Bertz CT molecular complexity index is 772. The van der Waals surface area contributed by atoms with E-state index in [1.807, 2.05) is 12.1 Å². The van der Waals surface area contributed by atoms with Crippen molar-refractivity contribution in [3.05, 3.63) is 60.1 Å². The molecule has 30 heavy (non-hydrogen) atoms. The standard InChI is InChI=1S/C24H34N4O2/c1-19-14-22(17-28(19)16-20-6-3-2-4-7-20)27-24(26-15-21-10-13-29-18-21)25-11-9-23-8-5-12-30-23/h2-8,12,19,21-22H,9-11,13-18H2,1H3,(H2,25,26,27). The van der Waals surface area contributed by atoms with Gasteiger partial charge in [0.15, 0.2) is 5.96 Å². The van der Waals surface area contributed by atoms with Crippen LogP contribution in [0.4, 0.5) is 0 Å². The number of guanidine groups is 1. The van der Waals surface area contributed by atoms with E-state index in [0.29, 0.717) is 18.0 Å². The third kappa shape index (κ3) is 6.09. The van der Waals surface area contributed by atoms with Gasteiger partial charge in [-0.2, -0.15) is 0 Å². The molecular weight excluding hydrogens is 376 g/mol. The lowest BCUT2D eigenvalue weighted by Crippen LogP contribution is -2.45. The molecular formula is C24H34N4O2. The summed E-state index contributed by atoms with van der Waals surface area (Å²) >= 11 is 0. The number of nitrogens with one attached hydrogen (secondary N) is 2. The summed E-state index contributed by atoms with van der Waals surface area (Å²) < 4.78 is 11.0. The molecule has 0 amide bonds. The van der Waals surface area contributed by atoms with Gasteiger partial charge in [0, 0.05) is 57.2 Å². The van der Waals surface area contributed by atoms with Crippen LogP contribution in [0.3, 0.4) is 0 Å². The van der Waals surface area contributed by atoms with Crippen molar-refractivity contribution in [2.45, 2.75) is 44.8 Å². The van der Waals surface area contributed by atoms with E-state index < -0.39 is 0 Å². The van der Waals surface area contributed by atoms with E-state index in [2.05, 4.69) is 52.8 Å². The molecule has 162 valence electrons. The molecule has 3 heterocycles. The lowest BCUT2D eigenvalue weighted by atomic mass is 10.1. The van der Waals surface area contributed by atoms with Crippen LogP contribution in [0.25, 0.3) is 0 Å². The van der Waals surface area contributed by atoms with E-state index in [4.69, 9.17) is 14.1 Å². The van der Waals surface area contributed by atoms with Crippen LogP contribution in [0.1, 0.15) is 31.1 Å². The van der Waals surface area contributed by atoms with Crippen LogP contribution in [-0.4, -0.2) is 55.8 Å². The van der Waals surface area contributed by atoms with E-state index in [1.165, 1.54) is 5.56 Å². The lowest BCUT2D eigenvalue weighted by Gasteiger charge is -2.21. The second-order valence-electron chi connectivity index (χ2n) is 8.52. The zero-order valence-electron chi connectivity index (χ0n) is 17.9. The van der Waals surface area contributed by atoms with Crippen molar-refractivity contribution in [2.75, 3.05) is 32.8 Å². The van der Waals surface area contributed by atoms with Gasteiger partial charge in [0.05, 0.1) is 12.9 Å². The molecule has 6 heteroatoms. The van der Waals surface area contributed by atoms with Gasteiger partial charge in [0.25, 0.3) is 0 Å². The predicted octanol–water partition coefficient (Wildman–Crippen LogP) is 3.06. The highest BCUT2D eigenvalue weighted by Gasteiger charge is 2.29. The number of hydrogen-bond acceptors (Lipinski definition) is 4. The molecule has 0 radical (unpaired) electrons. The third-order valence-electron chi connectivity index (χ3n) is 6.05. The summed E-state index contributed by atoms with van der Waals surface area (Å²) in [5, 5.41) is 7.20. The first kappa shape index (κ1) is 20.9. The van der Waals surface area contributed by atoms with E-state index >= 15 is 0 Å². The maximum absolute atomic E-state index is 5.51. The van der Waals surface area contributed by atoms with Crippen molar-refractivity contribution in [1.29, 1.82) is 0 Å². The zero-order valence-corrected chi connectivity index (χ0v) is 17.9. The summed E-state index contributed by atoms with van der Waals surface area (Å²) in [6.45, 7) is 7.65. The molecule has 0 spiro atoms. The van der Waals surface area contributed by atoms with Gasteiger partial charge >= 0.3 is 0 Å². The normalized spacial score (nSPS) is 25.0. The fourth-order valence-corrected chi connectivity index (χ4v) is 4.29. The van der Waals surface area contributed by atoms with E-state index in [9.17, 15) is 0 Å². The van der Waals surface area contributed by atoms with Gasteiger partial charge in [-0.25, -0.2) is 0 Å². The molecule has 2 saturated heterocycles. The Hall–Kier alpha value is -2.31. The van der Waals surface area contributed by atoms with Crippen LogP contribution in [0.5, 0.6) is 0 Å². The molecule has 3 unspecified atom stereocenters. The second-order valence-corrected chi connectivity index (χ2v) is 8.52. The smallest absolute Gasteiger partial charge is 0.191 e. The Balaban J connectivity index is 1.32. The van der Waals surface area contributed by atoms with Gasteiger partial charge in [0.1, 0.15) is 5.76 Å².